The molecule has 1 aromatic heterocycles. The topological polar surface area (TPSA) is 51.2 Å². The van der Waals surface area contributed by atoms with Gasteiger partial charge in [-0.2, -0.15) is 0 Å². The van der Waals surface area contributed by atoms with Crippen molar-refractivity contribution < 1.29 is 13.9 Å². The molecular formula is C17H19FN2O2. The molecule has 0 fully saturated rings. The first kappa shape index (κ1) is 15.9. The van der Waals surface area contributed by atoms with Gasteiger partial charge in [0, 0.05) is 19.7 Å². The molecule has 0 aliphatic carbocycles. The molecule has 22 heavy (non-hydrogen) atoms. The van der Waals surface area contributed by atoms with Crippen LogP contribution in [0.25, 0.3) is 11.3 Å². The number of ether oxygens (including phenoxy) is 1. The molecule has 0 saturated heterocycles. The Kier molecular flexibility index (Phi) is 5.09. The molecule has 0 aliphatic rings. The van der Waals surface area contributed by atoms with Crippen LogP contribution in [0.2, 0.25) is 0 Å². The fraction of sp³-hybridized carbons (Fsp3) is 0.294. The molecule has 0 unspecified atom stereocenters. The first-order valence-corrected chi connectivity index (χ1v) is 7.12. The third-order valence-corrected chi connectivity index (χ3v) is 2.96. The van der Waals surface area contributed by atoms with Crippen molar-refractivity contribution in [2.75, 3.05) is 0 Å². The lowest BCUT2D eigenvalue weighted by Crippen LogP contribution is -2.18. The third-order valence-electron chi connectivity index (χ3n) is 2.96. The molecule has 0 bridgehead atoms. The van der Waals surface area contributed by atoms with Gasteiger partial charge in [-0.3, -0.25) is 9.78 Å². The van der Waals surface area contributed by atoms with E-state index in [-0.39, 0.29) is 17.8 Å². The number of carbonyl (C=O) groups excluding carboxylic acids is 1. The fourth-order valence-corrected chi connectivity index (χ4v) is 2.01. The highest BCUT2D eigenvalue weighted by Gasteiger charge is 2.14. The van der Waals surface area contributed by atoms with Gasteiger partial charge >= 0.3 is 0 Å². The lowest BCUT2D eigenvalue weighted by molar-refractivity contribution is -0.119. The van der Waals surface area contributed by atoms with E-state index >= 15 is 0 Å². The number of nitrogens with one attached hydrogen (secondary N) is 1. The van der Waals surface area contributed by atoms with E-state index in [9.17, 15) is 9.18 Å². The van der Waals surface area contributed by atoms with Gasteiger partial charge in [0.2, 0.25) is 5.91 Å². The van der Waals surface area contributed by atoms with Crippen LogP contribution >= 0.6 is 0 Å². The summed E-state index contributed by atoms with van der Waals surface area (Å²) in [5.74, 6) is -0.0110. The number of pyridine rings is 1. The Bertz CT molecular complexity index is 654. The molecule has 5 heteroatoms. The molecule has 0 spiro atoms. The third kappa shape index (κ3) is 4.04. The van der Waals surface area contributed by atoms with Gasteiger partial charge in [0.15, 0.2) is 0 Å². The molecule has 0 aliphatic heterocycles. The number of nitrogens with zero attached hydrogens (tertiary/aromatic N) is 1. The Morgan fingerprint density at radius 1 is 1.32 bits per heavy atom. The van der Waals surface area contributed by atoms with Crippen LogP contribution in [0, 0.1) is 5.82 Å². The summed E-state index contributed by atoms with van der Waals surface area (Å²) in [6.07, 6.45) is 1.57. The van der Waals surface area contributed by atoms with Crippen molar-refractivity contribution in [3.8, 4) is 17.0 Å². The van der Waals surface area contributed by atoms with Gasteiger partial charge in [-0.1, -0.05) is 12.1 Å². The number of halogens is 1. The van der Waals surface area contributed by atoms with Crippen molar-refractivity contribution in [2.45, 2.75) is 33.4 Å². The Labute approximate surface area is 129 Å². The summed E-state index contributed by atoms with van der Waals surface area (Å²) in [6, 6.07) is 8.26. The molecule has 1 heterocycles. The average Bonchev–Trinajstić information content (AvgIpc) is 2.45. The second-order valence-corrected chi connectivity index (χ2v) is 5.24. The van der Waals surface area contributed by atoms with Crippen molar-refractivity contribution in [3.63, 3.8) is 0 Å². The summed E-state index contributed by atoms with van der Waals surface area (Å²) >= 11 is 0. The van der Waals surface area contributed by atoms with Gasteiger partial charge in [0.25, 0.3) is 0 Å². The average molecular weight is 302 g/mol. The van der Waals surface area contributed by atoms with E-state index in [2.05, 4.69) is 10.3 Å². The van der Waals surface area contributed by atoms with Gasteiger partial charge < -0.3 is 10.1 Å². The van der Waals surface area contributed by atoms with Crippen LogP contribution in [0.15, 0.2) is 36.5 Å². The number of hydrogen-bond acceptors (Lipinski definition) is 3. The van der Waals surface area contributed by atoms with Gasteiger partial charge in [0.1, 0.15) is 11.6 Å². The highest BCUT2D eigenvalue weighted by molar-refractivity contribution is 5.72. The fourth-order valence-electron chi connectivity index (χ4n) is 2.01. The van der Waals surface area contributed by atoms with Gasteiger partial charge in [0.05, 0.1) is 17.4 Å². The minimum absolute atomic E-state index is 0.0559. The predicted octanol–water partition coefficient (Wildman–Crippen LogP) is 3.31. The minimum atomic E-state index is -0.375. The molecule has 2 aromatic rings. The molecule has 4 nitrogen and oxygen atoms in total. The van der Waals surface area contributed by atoms with E-state index in [4.69, 9.17) is 4.74 Å². The zero-order valence-electron chi connectivity index (χ0n) is 12.9. The number of hydrogen-bond donors (Lipinski definition) is 1. The quantitative estimate of drug-likeness (QED) is 0.922. The maximum absolute atomic E-state index is 14.2. The predicted molar refractivity (Wildman–Crippen MR) is 82.9 cm³/mol. The first-order valence-electron chi connectivity index (χ1n) is 7.12. The molecule has 0 saturated carbocycles. The van der Waals surface area contributed by atoms with Gasteiger partial charge in [-0.15, -0.1) is 0 Å². The van der Waals surface area contributed by atoms with Crippen LogP contribution in [-0.2, 0) is 11.3 Å². The zero-order chi connectivity index (χ0) is 16.1. The summed E-state index contributed by atoms with van der Waals surface area (Å²) in [7, 11) is 0. The van der Waals surface area contributed by atoms with Crippen molar-refractivity contribution in [1.29, 1.82) is 0 Å². The summed E-state index contributed by atoms with van der Waals surface area (Å²) in [5.41, 5.74) is 1.70. The number of rotatable bonds is 5. The molecule has 1 N–H and O–H groups in total. The van der Waals surface area contributed by atoms with E-state index in [0.717, 1.165) is 5.56 Å². The smallest absolute Gasteiger partial charge is 0.217 e. The zero-order valence-corrected chi connectivity index (χ0v) is 12.9. The van der Waals surface area contributed by atoms with E-state index in [0.29, 0.717) is 23.6 Å². The first-order chi connectivity index (χ1) is 10.5. The van der Waals surface area contributed by atoms with Crippen LogP contribution in [0.5, 0.6) is 5.75 Å². The molecule has 116 valence electrons. The van der Waals surface area contributed by atoms with Crippen LogP contribution in [-0.4, -0.2) is 17.0 Å². The van der Waals surface area contributed by atoms with Crippen LogP contribution in [0.4, 0.5) is 4.39 Å². The van der Waals surface area contributed by atoms with Crippen LogP contribution in [0.1, 0.15) is 26.3 Å². The maximum atomic E-state index is 14.2. The molecule has 0 radical (unpaired) electrons. The summed E-state index contributed by atoms with van der Waals surface area (Å²) in [5, 5.41) is 2.69. The summed E-state index contributed by atoms with van der Waals surface area (Å²) in [4.78, 5) is 15.2. The Morgan fingerprint density at radius 3 is 2.68 bits per heavy atom. The molecule has 1 aromatic carbocycles. The van der Waals surface area contributed by atoms with Crippen molar-refractivity contribution in [1.82, 2.24) is 10.3 Å². The number of aromatic nitrogens is 1. The monoisotopic (exact) mass is 302 g/mol. The van der Waals surface area contributed by atoms with Gasteiger partial charge in [-0.25, -0.2) is 4.39 Å². The number of benzene rings is 1. The van der Waals surface area contributed by atoms with E-state index in [1.807, 2.05) is 19.9 Å². The van der Waals surface area contributed by atoms with Crippen molar-refractivity contribution in [2.24, 2.45) is 0 Å². The van der Waals surface area contributed by atoms with E-state index in [1.165, 1.54) is 13.0 Å². The van der Waals surface area contributed by atoms with Crippen molar-refractivity contribution >= 4 is 5.91 Å². The van der Waals surface area contributed by atoms with E-state index in [1.54, 1.807) is 24.4 Å². The summed E-state index contributed by atoms with van der Waals surface area (Å²) in [6.45, 7) is 5.63. The lowest BCUT2D eigenvalue weighted by Gasteiger charge is -2.14. The summed E-state index contributed by atoms with van der Waals surface area (Å²) < 4.78 is 19.8. The molecule has 2 rings (SSSR count). The Morgan fingerprint density at radius 2 is 2.09 bits per heavy atom. The van der Waals surface area contributed by atoms with Crippen LogP contribution < -0.4 is 10.1 Å². The van der Waals surface area contributed by atoms with Gasteiger partial charge in [-0.05, 0) is 37.6 Å². The minimum Gasteiger partial charge on any atom is -0.490 e. The normalized spacial score (nSPS) is 10.6. The highest BCUT2D eigenvalue weighted by Crippen LogP contribution is 2.32. The SMILES string of the molecule is CC(=O)NCc1ccc(-c2c(F)cccc2OC(C)C)nc1. The second kappa shape index (κ2) is 7.02. The Balaban J connectivity index is 2.29. The number of amides is 1. The number of carbonyl (C=O) groups is 1. The standard InChI is InChI=1S/C17H19FN2O2/c1-11(2)22-16-6-4-5-14(18)17(16)15-8-7-13(10-20-15)9-19-12(3)21/h4-8,10-11H,9H2,1-3H3,(H,19,21). The molecular weight excluding hydrogens is 283 g/mol. The maximum Gasteiger partial charge on any atom is 0.217 e. The largest absolute Gasteiger partial charge is 0.490 e. The van der Waals surface area contributed by atoms with E-state index < -0.39 is 0 Å². The molecule has 0 atom stereocenters. The van der Waals surface area contributed by atoms with Crippen molar-refractivity contribution in [3.05, 3.63) is 47.9 Å². The highest BCUT2D eigenvalue weighted by atomic mass is 19.1. The Hall–Kier alpha value is -2.43. The lowest BCUT2D eigenvalue weighted by atomic mass is 10.1. The second-order valence-electron chi connectivity index (χ2n) is 5.24. The van der Waals surface area contributed by atoms with Crippen LogP contribution in [0.3, 0.4) is 0 Å². The molecule has 1 amide bonds.